The number of anilines is 1. The van der Waals surface area contributed by atoms with Crippen molar-refractivity contribution in [1.29, 1.82) is 5.26 Å². The van der Waals surface area contributed by atoms with E-state index < -0.39 is 0 Å². The smallest absolute Gasteiger partial charge is 0.253 e. The molecule has 0 spiro atoms. The highest BCUT2D eigenvalue weighted by Crippen LogP contribution is 2.31. The molecule has 5 aromatic rings. The van der Waals surface area contributed by atoms with Crippen molar-refractivity contribution >= 4 is 51.9 Å². The number of furan rings is 1. The van der Waals surface area contributed by atoms with E-state index in [0.717, 1.165) is 40.0 Å². The Morgan fingerprint density at radius 3 is 2.79 bits per heavy atom. The molecule has 0 unspecified atom stereocenters. The molecule has 0 saturated heterocycles. The average molecular weight is 489 g/mol. The van der Waals surface area contributed by atoms with Crippen LogP contribution in [0.15, 0.2) is 64.1 Å². The largest absolute Gasteiger partial charge is 0.455 e. The fourth-order valence-electron chi connectivity index (χ4n) is 4.22. The Labute approximate surface area is 206 Å². The van der Waals surface area contributed by atoms with Crippen LogP contribution < -0.4 is 9.83 Å². The summed E-state index contributed by atoms with van der Waals surface area (Å²) in [5.41, 5.74) is 9.09. The highest BCUT2D eigenvalue weighted by molar-refractivity contribution is 6.35. The lowest BCUT2D eigenvalue weighted by molar-refractivity contribution is -0.465. The molecular weight excluding hydrogens is 469 g/mol. The van der Waals surface area contributed by atoms with Crippen molar-refractivity contribution in [2.75, 3.05) is 5.43 Å². The number of hydrogen-bond acceptors (Lipinski definition) is 4. The van der Waals surface area contributed by atoms with Gasteiger partial charge in [-0.25, -0.2) is 0 Å². The van der Waals surface area contributed by atoms with Crippen molar-refractivity contribution in [3.05, 3.63) is 87.1 Å². The molecule has 3 heterocycles. The number of halogens is 2. The summed E-state index contributed by atoms with van der Waals surface area (Å²) in [7, 11) is 0. The first-order valence-electron chi connectivity index (χ1n) is 10.7. The number of hydrogen-bond donors (Lipinski definition) is 2. The Balaban J connectivity index is 1.56. The standard InChI is InChI=1S/C26H19Cl2N5O/c1-3-18-15(2)20(13-29)25-31-22-6-4-5-7-23(22)33(25)26(18)32-30-14-17-9-11-24(34-17)19-12-16(27)8-10-21(19)28/h4-12,14H,3H2,1-2H3,(H,31,32)/p+1. The van der Waals surface area contributed by atoms with Gasteiger partial charge in [-0.05, 0) is 61.4 Å². The molecule has 2 aromatic carbocycles. The lowest BCUT2D eigenvalue weighted by Crippen LogP contribution is -2.28. The molecule has 0 bridgehead atoms. The maximum absolute atomic E-state index is 9.85. The Hall–Kier alpha value is -3.79. The fraction of sp³-hybridized carbons (Fsp3) is 0.115. The number of hydrazone groups is 1. The minimum atomic E-state index is 0.555. The third-order valence-electron chi connectivity index (χ3n) is 5.84. The van der Waals surface area contributed by atoms with E-state index in [1.807, 2.05) is 47.7 Å². The second-order valence-corrected chi connectivity index (χ2v) is 8.66. The monoisotopic (exact) mass is 488 g/mol. The van der Waals surface area contributed by atoms with Gasteiger partial charge in [0.15, 0.2) is 0 Å². The molecule has 34 heavy (non-hydrogen) atoms. The zero-order chi connectivity index (χ0) is 23.8. The van der Waals surface area contributed by atoms with Crippen LogP contribution in [0.3, 0.4) is 0 Å². The predicted octanol–water partition coefficient (Wildman–Crippen LogP) is 6.66. The van der Waals surface area contributed by atoms with E-state index in [9.17, 15) is 5.26 Å². The average Bonchev–Trinajstić information content (AvgIpc) is 3.45. The van der Waals surface area contributed by atoms with Crippen LogP contribution in [0.1, 0.15) is 29.4 Å². The third-order valence-corrected chi connectivity index (χ3v) is 6.41. The molecular formula is C26H20Cl2N5O+. The first-order chi connectivity index (χ1) is 16.5. The number of aromatic nitrogens is 2. The van der Waals surface area contributed by atoms with Gasteiger partial charge in [0.05, 0.1) is 5.02 Å². The van der Waals surface area contributed by atoms with Crippen LogP contribution in [0.4, 0.5) is 5.82 Å². The Bertz CT molecular complexity index is 1620. The Morgan fingerprint density at radius 2 is 2.00 bits per heavy atom. The zero-order valence-corrected chi connectivity index (χ0v) is 20.0. The maximum atomic E-state index is 9.85. The molecule has 0 saturated carbocycles. The van der Waals surface area contributed by atoms with E-state index in [4.69, 9.17) is 27.6 Å². The summed E-state index contributed by atoms with van der Waals surface area (Å²) in [6, 6.07) is 19.2. The fourth-order valence-corrected chi connectivity index (χ4v) is 4.61. The van der Waals surface area contributed by atoms with Crippen LogP contribution >= 0.6 is 23.2 Å². The molecule has 3 aromatic heterocycles. The number of imidazole rings is 1. The third kappa shape index (κ3) is 3.69. The molecule has 0 aliphatic heterocycles. The summed E-state index contributed by atoms with van der Waals surface area (Å²) in [6.07, 6.45) is 2.34. The van der Waals surface area contributed by atoms with E-state index >= 15 is 0 Å². The topological polar surface area (TPSA) is 81.2 Å². The molecule has 6 nitrogen and oxygen atoms in total. The van der Waals surface area contributed by atoms with Crippen molar-refractivity contribution in [3.63, 3.8) is 0 Å². The molecule has 0 radical (unpaired) electrons. The minimum absolute atomic E-state index is 0.555. The summed E-state index contributed by atoms with van der Waals surface area (Å²) in [5.74, 6) is 1.96. The second kappa shape index (κ2) is 8.86. The molecule has 0 amide bonds. The highest BCUT2D eigenvalue weighted by atomic mass is 35.5. The lowest BCUT2D eigenvalue weighted by atomic mass is 10.0. The number of nitrogens with zero attached hydrogens (tertiary/aromatic N) is 3. The number of aromatic amines is 1. The Kier molecular flexibility index (Phi) is 5.74. The molecule has 0 fully saturated rings. The van der Waals surface area contributed by atoms with Gasteiger partial charge in [-0.2, -0.15) is 15.1 Å². The maximum Gasteiger partial charge on any atom is 0.253 e. The first kappa shape index (κ1) is 22.0. The van der Waals surface area contributed by atoms with Gasteiger partial charge in [0.2, 0.25) is 5.65 Å². The number of fused-ring (bicyclic) bond motifs is 3. The normalized spacial score (nSPS) is 11.5. The van der Waals surface area contributed by atoms with Gasteiger partial charge < -0.3 is 4.42 Å². The number of para-hydroxylation sites is 2. The number of benzene rings is 2. The number of nitrogens with one attached hydrogen (secondary N) is 2. The molecule has 0 atom stereocenters. The zero-order valence-electron chi connectivity index (χ0n) is 18.5. The first-order valence-corrected chi connectivity index (χ1v) is 11.5. The Morgan fingerprint density at radius 1 is 1.18 bits per heavy atom. The van der Waals surface area contributed by atoms with Gasteiger partial charge in [-0.3, -0.25) is 4.98 Å². The van der Waals surface area contributed by atoms with E-state index in [1.54, 1.807) is 24.4 Å². The number of pyridine rings is 1. The lowest BCUT2D eigenvalue weighted by Gasteiger charge is -2.10. The van der Waals surface area contributed by atoms with Gasteiger partial charge in [-0.15, -0.1) is 5.10 Å². The van der Waals surface area contributed by atoms with Gasteiger partial charge in [0.1, 0.15) is 40.4 Å². The van der Waals surface area contributed by atoms with Crippen molar-refractivity contribution in [2.45, 2.75) is 20.3 Å². The number of nitriles is 1. The molecule has 168 valence electrons. The highest BCUT2D eigenvalue weighted by Gasteiger charge is 2.24. The molecule has 2 N–H and O–H groups in total. The van der Waals surface area contributed by atoms with Crippen molar-refractivity contribution in [3.8, 4) is 17.4 Å². The van der Waals surface area contributed by atoms with Crippen molar-refractivity contribution in [1.82, 2.24) is 4.98 Å². The summed E-state index contributed by atoms with van der Waals surface area (Å²) in [5, 5.41) is 15.4. The van der Waals surface area contributed by atoms with Gasteiger partial charge in [0.25, 0.3) is 5.82 Å². The molecule has 0 aliphatic rings. The SMILES string of the molecule is CCc1c(C)c(C#N)c2[nH]c3ccccc3[n+]2c1NN=Cc1ccc(-c2cc(Cl)ccc2Cl)o1. The van der Waals surface area contributed by atoms with Crippen molar-refractivity contribution in [2.24, 2.45) is 5.10 Å². The van der Waals surface area contributed by atoms with Crippen molar-refractivity contribution < 1.29 is 8.82 Å². The van der Waals surface area contributed by atoms with E-state index in [1.165, 1.54) is 0 Å². The quantitative estimate of drug-likeness (QED) is 0.165. The molecule has 5 rings (SSSR count). The van der Waals surface area contributed by atoms with Crippen LogP contribution in [0.25, 0.3) is 28.0 Å². The number of H-pyrrole nitrogens is 1. The second-order valence-electron chi connectivity index (χ2n) is 7.81. The van der Waals surface area contributed by atoms with Crippen LogP contribution in [0.2, 0.25) is 10.0 Å². The van der Waals surface area contributed by atoms with E-state index in [2.05, 4.69) is 28.5 Å². The van der Waals surface area contributed by atoms with E-state index in [-0.39, 0.29) is 0 Å². The summed E-state index contributed by atoms with van der Waals surface area (Å²) in [6.45, 7) is 4.03. The summed E-state index contributed by atoms with van der Waals surface area (Å²) in [4.78, 5) is 3.38. The van der Waals surface area contributed by atoms with Gasteiger partial charge in [-0.1, -0.05) is 42.3 Å². The van der Waals surface area contributed by atoms with Crippen LogP contribution in [0.5, 0.6) is 0 Å². The summed E-state index contributed by atoms with van der Waals surface area (Å²) < 4.78 is 7.92. The van der Waals surface area contributed by atoms with Crippen LogP contribution in [-0.2, 0) is 6.42 Å². The summed E-state index contributed by atoms with van der Waals surface area (Å²) >= 11 is 12.4. The van der Waals surface area contributed by atoms with Crippen LogP contribution in [-0.4, -0.2) is 11.2 Å². The molecule has 0 aliphatic carbocycles. The predicted molar refractivity (Wildman–Crippen MR) is 136 cm³/mol. The van der Waals surface area contributed by atoms with Gasteiger partial charge in [0, 0.05) is 16.1 Å². The number of rotatable bonds is 5. The van der Waals surface area contributed by atoms with E-state index in [0.29, 0.717) is 32.7 Å². The van der Waals surface area contributed by atoms with Crippen LogP contribution in [0, 0.1) is 18.3 Å². The minimum Gasteiger partial charge on any atom is -0.455 e. The molecule has 8 heteroatoms. The van der Waals surface area contributed by atoms with Gasteiger partial charge >= 0.3 is 0 Å².